The first-order chi connectivity index (χ1) is 9.55. The fourth-order valence-electron chi connectivity index (χ4n) is 2.47. The van der Waals surface area contributed by atoms with E-state index in [0.717, 1.165) is 19.3 Å². The van der Waals surface area contributed by atoms with Crippen LogP contribution in [0.2, 0.25) is 0 Å². The Hall–Kier alpha value is -1.34. The van der Waals surface area contributed by atoms with Crippen LogP contribution in [0.3, 0.4) is 0 Å². The number of methoxy groups -OCH3 is 1. The van der Waals surface area contributed by atoms with Gasteiger partial charge >= 0.3 is 12.0 Å². The molecule has 7 nitrogen and oxygen atoms in total. The van der Waals surface area contributed by atoms with Gasteiger partial charge in [-0.3, -0.25) is 0 Å². The summed E-state index contributed by atoms with van der Waals surface area (Å²) in [5.41, 5.74) is -1.17. The molecule has 7 heteroatoms. The summed E-state index contributed by atoms with van der Waals surface area (Å²) >= 11 is 0. The molecule has 0 saturated heterocycles. The van der Waals surface area contributed by atoms with Gasteiger partial charge in [-0.05, 0) is 12.8 Å². The lowest BCUT2D eigenvalue weighted by atomic mass is 9.82. The molecule has 0 unspecified atom stereocenters. The number of carbonyl (C=O) groups excluding carboxylic acids is 1. The van der Waals surface area contributed by atoms with E-state index < -0.39 is 17.5 Å². The maximum absolute atomic E-state index is 12.2. The molecule has 1 rings (SSSR count). The van der Waals surface area contributed by atoms with Crippen LogP contribution in [-0.2, 0) is 9.53 Å². The highest BCUT2D eigenvalue weighted by Gasteiger charge is 2.41. The smallest absolute Gasteiger partial charge is 0.329 e. The van der Waals surface area contributed by atoms with Gasteiger partial charge < -0.3 is 25.2 Å². The fraction of sp³-hybridized carbons (Fsp3) is 0.846. The van der Waals surface area contributed by atoms with Crippen molar-refractivity contribution >= 4 is 12.0 Å². The first-order valence-electron chi connectivity index (χ1n) is 6.96. The monoisotopic (exact) mass is 288 g/mol. The number of carboxylic acid groups (broad SMARTS) is 1. The number of ether oxygens (including phenoxy) is 1. The van der Waals surface area contributed by atoms with Gasteiger partial charge in [-0.25, -0.2) is 9.59 Å². The zero-order valence-corrected chi connectivity index (χ0v) is 11.9. The number of carboxylic acids is 1. The Morgan fingerprint density at radius 3 is 2.40 bits per heavy atom. The summed E-state index contributed by atoms with van der Waals surface area (Å²) in [6.45, 7) is 0.647. The van der Waals surface area contributed by atoms with Crippen LogP contribution in [0.5, 0.6) is 0 Å². The van der Waals surface area contributed by atoms with E-state index in [-0.39, 0.29) is 13.2 Å². The van der Waals surface area contributed by atoms with Gasteiger partial charge in [0, 0.05) is 20.2 Å². The molecule has 20 heavy (non-hydrogen) atoms. The second kappa shape index (κ2) is 8.06. The standard InChI is InChI=1S/C13H24N2O5/c1-20-10-8-15(7-9-16)12(19)14-13(11(17)18)5-3-2-4-6-13/h16H,2-10H2,1H3,(H,14,19)(H,17,18). The zero-order chi connectivity index (χ0) is 15.0. The van der Waals surface area contributed by atoms with Gasteiger partial charge in [0.05, 0.1) is 13.2 Å². The summed E-state index contributed by atoms with van der Waals surface area (Å²) in [6, 6.07) is -0.458. The van der Waals surface area contributed by atoms with E-state index in [9.17, 15) is 14.7 Å². The third-order valence-corrected chi connectivity index (χ3v) is 3.69. The normalized spacial score (nSPS) is 17.5. The van der Waals surface area contributed by atoms with E-state index in [1.807, 2.05) is 0 Å². The summed E-state index contributed by atoms with van der Waals surface area (Å²) in [5, 5.41) is 21.0. The van der Waals surface area contributed by atoms with Crippen LogP contribution in [0.1, 0.15) is 32.1 Å². The molecule has 0 heterocycles. The van der Waals surface area contributed by atoms with Crippen LogP contribution in [0.15, 0.2) is 0 Å². The summed E-state index contributed by atoms with van der Waals surface area (Å²) in [7, 11) is 1.52. The Bertz CT molecular complexity index is 329. The second-order valence-electron chi connectivity index (χ2n) is 5.08. The van der Waals surface area contributed by atoms with Crippen molar-refractivity contribution in [1.29, 1.82) is 0 Å². The molecule has 0 aliphatic heterocycles. The Labute approximate surface area is 118 Å². The molecule has 116 valence electrons. The van der Waals surface area contributed by atoms with Crippen molar-refractivity contribution in [3.63, 3.8) is 0 Å². The average molecular weight is 288 g/mol. The molecule has 0 aromatic heterocycles. The van der Waals surface area contributed by atoms with Gasteiger partial charge in [0.15, 0.2) is 0 Å². The van der Waals surface area contributed by atoms with Crippen LogP contribution in [0.25, 0.3) is 0 Å². The Kier molecular flexibility index (Phi) is 6.74. The number of amides is 2. The molecular formula is C13H24N2O5. The van der Waals surface area contributed by atoms with Gasteiger partial charge in [-0.15, -0.1) is 0 Å². The largest absolute Gasteiger partial charge is 0.480 e. The Morgan fingerprint density at radius 1 is 1.25 bits per heavy atom. The van der Waals surface area contributed by atoms with Crippen molar-refractivity contribution in [2.75, 3.05) is 33.4 Å². The van der Waals surface area contributed by atoms with Gasteiger partial charge in [0.1, 0.15) is 5.54 Å². The number of nitrogens with zero attached hydrogens (tertiary/aromatic N) is 1. The van der Waals surface area contributed by atoms with Crippen LogP contribution < -0.4 is 5.32 Å². The van der Waals surface area contributed by atoms with E-state index in [4.69, 9.17) is 9.84 Å². The topological polar surface area (TPSA) is 99.1 Å². The lowest BCUT2D eigenvalue weighted by Crippen LogP contribution is -2.59. The Balaban J connectivity index is 2.69. The van der Waals surface area contributed by atoms with E-state index in [2.05, 4.69) is 5.32 Å². The SMILES string of the molecule is COCCN(CCO)C(=O)NC1(C(=O)O)CCCCC1. The quantitative estimate of drug-likeness (QED) is 0.630. The number of rotatable bonds is 7. The van der Waals surface area contributed by atoms with Crippen molar-refractivity contribution < 1.29 is 24.5 Å². The first kappa shape index (κ1) is 16.7. The number of hydrogen-bond acceptors (Lipinski definition) is 4. The minimum Gasteiger partial charge on any atom is -0.480 e. The molecule has 3 N–H and O–H groups in total. The molecule has 1 aliphatic carbocycles. The van der Waals surface area contributed by atoms with Crippen LogP contribution in [0, 0.1) is 0 Å². The maximum Gasteiger partial charge on any atom is 0.329 e. The third kappa shape index (κ3) is 4.35. The summed E-state index contributed by atoms with van der Waals surface area (Å²) in [6.07, 6.45) is 3.49. The van der Waals surface area contributed by atoms with E-state index in [0.29, 0.717) is 26.0 Å². The number of aliphatic hydroxyl groups excluding tert-OH is 1. The summed E-state index contributed by atoms with van der Waals surface area (Å²) < 4.78 is 4.91. The first-order valence-corrected chi connectivity index (χ1v) is 6.96. The predicted octanol–water partition coefficient (Wildman–Crippen LogP) is 0.424. The molecular weight excluding hydrogens is 264 g/mol. The molecule has 0 spiro atoms. The second-order valence-corrected chi connectivity index (χ2v) is 5.08. The number of carbonyl (C=O) groups is 2. The van der Waals surface area contributed by atoms with Crippen molar-refractivity contribution in [2.45, 2.75) is 37.6 Å². The van der Waals surface area contributed by atoms with Crippen molar-refractivity contribution in [2.24, 2.45) is 0 Å². The van der Waals surface area contributed by atoms with Crippen molar-refractivity contribution in [3.8, 4) is 0 Å². The van der Waals surface area contributed by atoms with Gasteiger partial charge in [0.25, 0.3) is 0 Å². The molecule has 0 bridgehead atoms. The maximum atomic E-state index is 12.2. The van der Waals surface area contributed by atoms with Crippen LogP contribution in [0.4, 0.5) is 4.79 Å². The van der Waals surface area contributed by atoms with Crippen LogP contribution in [-0.4, -0.2) is 66.1 Å². The highest BCUT2D eigenvalue weighted by molar-refractivity contribution is 5.86. The van der Waals surface area contributed by atoms with Gasteiger partial charge in [0.2, 0.25) is 0 Å². The zero-order valence-electron chi connectivity index (χ0n) is 11.9. The molecule has 0 aromatic rings. The average Bonchev–Trinajstić information content (AvgIpc) is 2.44. The number of hydrogen-bond donors (Lipinski definition) is 3. The molecule has 1 aliphatic rings. The molecule has 0 radical (unpaired) electrons. The molecule has 1 fully saturated rings. The highest BCUT2D eigenvalue weighted by Crippen LogP contribution is 2.28. The molecule has 2 amide bonds. The fourth-order valence-corrected chi connectivity index (χ4v) is 2.47. The number of aliphatic hydroxyl groups is 1. The highest BCUT2D eigenvalue weighted by atomic mass is 16.5. The van der Waals surface area contributed by atoms with E-state index in [1.165, 1.54) is 12.0 Å². The van der Waals surface area contributed by atoms with Crippen molar-refractivity contribution in [1.82, 2.24) is 10.2 Å². The summed E-state index contributed by atoms with van der Waals surface area (Å²) in [4.78, 5) is 25.1. The van der Waals surface area contributed by atoms with E-state index >= 15 is 0 Å². The number of nitrogens with one attached hydrogen (secondary N) is 1. The minimum atomic E-state index is -1.17. The lowest BCUT2D eigenvalue weighted by molar-refractivity contribution is -0.146. The summed E-state index contributed by atoms with van der Waals surface area (Å²) in [5.74, 6) is -0.985. The predicted molar refractivity (Wildman–Crippen MR) is 72.5 cm³/mol. The van der Waals surface area contributed by atoms with E-state index in [1.54, 1.807) is 0 Å². The van der Waals surface area contributed by atoms with Gasteiger partial charge in [-0.1, -0.05) is 19.3 Å². The number of urea groups is 1. The lowest BCUT2D eigenvalue weighted by Gasteiger charge is -2.36. The Morgan fingerprint density at radius 2 is 1.90 bits per heavy atom. The molecule has 0 aromatic carbocycles. The van der Waals surface area contributed by atoms with Crippen molar-refractivity contribution in [3.05, 3.63) is 0 Å². The number of aliphatic carboxylic acids is 1. The third-order valence-electron chi connectivity index (χ3n) is 3.69. The van der Waals surface area contributed by atoms with Crippen LogP contribution >= 0.6 is 0 Å². The molecule has 1 saturated carbocycles. The van der Waals surface area contributed by atoms with Gasteiger partial charge in [-0.2, -0.15) is 0 Å². The minimum absolute atomic E-state index is 0.158. The molecule has 0 atom stereocenters.